The summed E-state index contributed by atoms with van der Waals surface area (Å²) >= 11 is 2.10. The lowest BCUT2D eigenvalue weighted by Gasteiger charge is -2.17. The summed E-state index contributed by atoms with van der Waals surface area (Å²) in [6.45, 7) is 3.62. The van der Waals surface area contributed by atoms with E-state index in [0.29, 0.717) is 37.4 Å². The number of hydrogen-bond acceptors (Lipinski definition) is 7. The normalized spacial score (nSPS) is 12.0. The molecule has 0 bridgehead atoms. The highest BCUT2D eigenvalue weighted by atomic mass is 127. The lowest BCUT2D eigenvalue weighted by Crippen LogP contribution is -2.26. The first-order valence-electron chi connectivity index (χ1n) is 11.2. The third kappa shape index (κ3) is 5.40. The fourth-order valence-electron chi connectivity index (χ4n) is 3.54. The first-order chi connectivity index (χ1) is 17.4. The molecule has 0 N–H and O–H groups in total. The van der Waals surface area contributed by atoms with Crippen LogP contribution in [-0.4, -0.2) is 41.7 Å². The standard InChI is InChI=1S/C27H24IN3O5/c1-4-35-27(33)17(2)36-24-21(28)14-18(15-23(24)34-3)16-29-31-25(19-10-6-5-7-11-19)30-22-13-9-8-12-20(22)26(31)32/h5-17H,4H2,1-3H3/t17-/m0/s1. The van der Waals surface area contributed by atoms with Crippen molar-refractivity contribution in [3.05, 3.63) is 86.2 Å². The van der Waals surface area contributed by atoms with E-state index in [9.17, 15) is 9.59 Å². The number of aromatic nitrogens is 2. The molecular weight excluding hydrogens is 573 g/mol. The molecule has 0 aliphatic rings. The van der Waals surface area contributed by atoms with Crippen molar-refractivity contribution in [1.82, 2.24) is 9.66 Å². The summed E-state index contributed by atoms with van der Waals surface area (Å²) in [5.41, 5.74) is 1.76. The lowest BCUT2D eigenvalue weighted by atomic mass is 10.2. The van der Waals surface area contributed by atoms with Gasteiger partial charge in [-0.2, -0.15) is 9.78 Å². The van der Waals surface area contributed by atoms with Gasteiger partial charge in [-0.05, 0) is 66.3 Å². The number of nitrogens with zero attached hydrogens (tertiary/aromatic N) is 3. The molecule has 0 spiro atoms. The minimum atomic E-state index is -0.803. The van der Waals surface area contributed by atoms with Gasteiger partial charge in [-0.15, -0.1) is 0 Å². The van der Waals surface area contributed by atoms with Crippen LogP contribution < -0.4 is 15.0 Å². The Balaban J connectivity index is 1.75. The van der Waals surface area contributed by atoms with Gasteiger partial charge < -0.3 is 14.2 Å². The van der Waals surface area contributed by atoms with Crippen molar-refractivity contribution in [3.8, 4) is 22.9 Å². The molecule has 4 aromatic rings. The maximum absolute atomic E-state index is 13.3. The summed E-state index contributed by atoms with van der Waals surface area (Å²) in [6.07, 6.45) is 0.760. The molecule has 0 aliphatic heterocycles. The number of methoxy groups -OCH3 is 1. The molecule has 36 heavy (non-hydrogen) atoms. The van der Waals surface area contributed by atoms with Gasteiger partial charge in [0.05, 0.1) is 34.4 Å². The Kier molecular flexibility index (Phi) is 7.99. The predicted molar refractivity (Wildman–Crippen MR) is 147 cm³/mol. The molecule has 1 aromatic heterocycles. The maximum atomic E-state index is 13.3. The number of benzene rings is 3. The van der Waals surface area contributed by atoms with E-state index in [0.717, 1.165) is 5.56 Å². The van der Waals surface area contributed by atoms with E-state index in [1.807, 2.05) is 42.5 Å². The van der Waals surface area contributed by atoms with Gasteiger partial charge in [-0.3, -0.25) is 4.79 Å². The zero-order chi connectivity index (χ0) is 25.7. The summed E-state index contributed by atoms with van der Waals surface area (Å²) < 4.78 is 18.4. The fourth-order valence-corrected chi connectivity index (χ4v) is 4.30. The van der Waals surface area contributed by atoms with E-state index in [1.54, 1.807) is 44.3 Å². The van der Waals surface area contributed by atoms with Gasteiger partial charge in [0, 0.05) is 5.56 Å². The molecule has 8 nitrogen and oxygen atoms in total. The molecular formula is C27H24IN3O5. The second-order valence-electron chi connectivity index (χ2n) is 7.73. The summed E-state index contributed by atoms with van der Waals surface area (Å²) in [7, 11) is 1.51. The van der Waals surface area contributed by atoms with Crippen LogP contribution in [0.4, 0.5) is 0 Å². The number of fused-ring (bicyclic) bond motifs is 1. The Hall–Kier alpha value is -3.73. The first kappa shape index (κ1) is 25.4. The van der Waals surface area contributed by atoms with Crippen LogP contribution in [0.5, 0.6) is 11.5 Å². The maximum Gasteiger partial charge on any atom is 0.347 e. The number of hydrogen-bond donors (Lipinski definition) is 0. The van der Waals surface area contributed by atoms with E-state index in [2.05, 4.69) is 27.7 Å². The van der Waals surface area contributed by atoms with Crippen molar-refractivity contribution < 1.29 is 19.0 Å². The predicted octanol–water partition coefficient (Wildman–Crippen LogP) is 4.89. The number of rotatable bonds is 8. The van der Waals surface area contributed by atoms with Crippen LogP contribution in [0.2, 0.25) is 0 Å². The van der Waals surface area contributed by atoms with Crippen LogP contribution in [0, 0.1) is 3.57 Å². The zero-order valence-electron chi connectivity index (χ0n) is 20.0. The van der Waals surface area contributed by atoms with Crippen molar-refractivity contribution in [2.45, 2.75) is 20.0 Å². The van der Waals surface area contributed by atoms with Crippen molar-refractivity contribution in [2.75, 3.05) is 13.7 Å². The minimum absolute atomic E-state index is 0.268. The Morgan fingerprint density at radius 2 is 1.86 bits per heavy atom. The molecule has 0 unspecified atom stereocenters. The summed E-state index contributed by atoms with van der Waals surface area (Å²) in [5, 5.41) is 4.98. The number of para-hydroxylation sites is 1. The number of ether oxygens (including phenoxy) is 3. The molecule has 0 saturated heterocycles. The summed E-state index contributed by atoms with van der Waals surface area (Å²) in [6, 6.07) is 20.1. The van der Waals surface area contributed by atoms with Crippen molar-refractivity contribution >= 4 is 45.7 Å². The average Bonchev–Trinajstić information content (AvgIpc) is 2.89. The van der Waals surface area contributed by atoms with Crippen LogP contribution in [0.3, 0.4) is 0 Å². The van der Waals surface area contributed by atoms with E-state index < -0.39 is 12.1 Å². The smallest absolute Gasteiger partial charge is 0.347 e. The van der Waals surface area contributed by atoms with E-state index in [4.69, 9.17) is 19.2 Å². The summed E-state index contributed by atoms with van der Waals surface area (Å²) in [4.78, 5) is 30.1. The number of esters is 1. The minimum Gasteiger partial charge on any atom is -0.493 e. The SMILES string of the molecule is CCOC(=O)[C@H](C)Oc1c(I)cc(C=Nn2c(-c3ccccc3)nc3ccccc3c2=O)cc1OC. The van der Waals surface area contributed by atoms with Crippen LogP contribution >= 0.6 is 22.6 Å². The Bertz CT molecular complexity index is 1480. The topological polar surface area (TPSA) is 92.0 Å². The second-order valence-corrected chi connectivity index (χ2v) is 8.89. The highest BCUT2D eigenvalue weighted by Gasteiger charge is 2.20. The van der Waals surface area contributed by atoms with Crippen molar-refractivity contribution in [3.63, 3.8) is 0 Å². The largest absolute Gasteiger partial charge is 0.493 e. The second kappa shape index (κ2) is 11.3. The van der Waals surface area contributed by atoms with Crippen LogP contribution in [0.1, 0.15) is 19.4 Å². The molecule has 1 atom stereocenters. The van der Waals surface area contributed by atoms with Gasteiger partial charge in [0.1, 0.15) is 0 Å². The molecule has 4 rings (SSSR count). The highest BCUT2D eigenvalue weighted by Crippen LogP contribution is 2.34. The number of carbonyl (C=O) groups excluding carboxylic acids is 1. The van der Waals surface area contributed by atoms with Gasteiger partial charge in [-0.25, -0.2) is 9.78 Å². The quantitative estimate of drug-likeness (QED) is 0.163. The molecule has 1 heterocycles. The molecule has 9 heteroatoms. The molecule has 0 saturated carbocycles. The van der Waals surface area contributed by atoms with Crippen molar-refractivity contribution in [2.24, 2.45) is 5.10 Å². The van der Waals surface area contributed by atoms with Crippen molar-refractivity contribution in [1.29, 1.82) is 0 Å². The van der Waals surface area contributed by atoms with Crippen LogP contribution in [0.25, 0.3) is 22.3 Å². The van der Waals surface area contributed by atoms with Gasteiger partial charge in [0.25, 0.3) is 5.56 Å². The third-order valence-corrected chi connectivity index (χ3v) is 6.07. The van der Waals surface area contributed by atoms with E-state index >= 15 is 0 Å². The van der Waals surface area contributed by atoms with Gasteiger partial charge in [0.15, 0.2) is 23.4 Å². The number of carbonyl (C=O) groups is 1. The lowest BCUT2D eigenvalue weighted by molar-refractivity contribution is -0.150. The molecule has 3 aromatic carbocycles. The molecule has 0 radical (unpaired) electrons. The monoisotopic (exact) mass is 597 g/mol. The zero-order valence-corrected chi connectivity index (χ0v) is 22.1. The molecule has 184 valence electrons. The highest BCUT2D eigenvalue weighted by molar-refractivity contribution is 14.1. The van der Waals surface area contributed by atoms with Gasteiger partial charge in [-0.1, -0.05) is 42.5 Å². The Morgan fingerprint density at radius 1 is 1.14 bits per heavy atom. The summed E-state index contributed by atoms with van der Waals surface area (Å²) in [5.74, 6) is 0.815. The number of halogens is 1. The Labute approximate surface area is 221 Å². The van der Waals surface area contributed by atoms with Gasteiger partial charge in [0.2, 0.25) is 0 Å². The first-order valence-corrected chi connectivity index (χ1v) is 12.3. The van der Waals surface area contributed by atoms with E-state index in [1.165, 1.54) is 11.8 Å². The Morgan fingerprint density at radius 3 is 2.58 bits per heavy atom. The average molecular weight is 597 g/mol. The molecule has 0 fully saturated rings. The third-order valence-electron chi connectivity index (χ3n) is 5.27. The molecule has 0 aliphatic carbocycles. The van der Waals surface area contributed by atoms with E-state index in [-0.39, 0.29) is 12.2 Å². The van der Waals surface area contributed by atoms with Crippen LogP contribution in [-0.2, 0) is 9.53 Å². The van der Waals surface area contributed by atoms with Gasteiger partial charge >= 0.3 is 5.97 Å². The molecule has 0 amide bonds. The van der Waals surface area contributed by atoms with Crippen LogP contribution in [0.15, 0.2) is 76.6 Å². The fraction of sp³-hybridized carbons (Fsp3) is 0.185.